The summed E-state index contributed by atoms with van der Waals surface area (Å²) in [4.78, 5) is 4.49. The number of nitrogens with zero attached hydrogens (tertiary/aromatic N) is 1. The number of ether oxygens (including phenoxy) is 1. The first-order valence-electron chi connectivity index (χ1n) is 9.98. The van der Waals surface area contributed by atoms with Gasteiger partial charge in [0.15, 0.2) is 0 Å². The maximum Gasteiger partial charge on any atom is 0.132 e. The Morgan fingerprint density at radius 2 is 1.45 bits per heavy atom. The SMILES string of the molecule is Nc1ccc(-c2csc3c(-c4ccc(OCc5ccccc5)cc4)cnc(N)c23)cc1. The number of aromatic nitrogens is 1. The first-order chi connectivity index (χ1) is 15.2. The molecule has 4 N–H and O–H groups in total. The van der Waals surface area contributed by atoms with Crippen molar-refractivity contribution in [2.45, 2.75) is 6.61 Å². The van der Waals surface area contributed by atoms with E-state index in [-0.39, 0.29) is 0 Å². The molecule has 2 heterocycles. The number of thiophene rings is 1. The lowest BCUT2D eigenvalue weighted by atomic mass is 10.0. The maximum atomic E-state index is 6.29. The zero-order valence-corrected chi connectivity index (χ0v) is 17.6. The van der Waals surface area contributed by atoms with Crippen molar-refractivity contribution in [2.24, 2.45) is 0 Å². The Hall–Kier alpha value is -3.83. The van der Waals surface area contributed by atoms with Crippen molar-refractivity contribution in [3.05, 3.63) is 96.0 Å². The van der Waals surface area contributed by atoms with Crippen LogP contribution in [0.2, 0.25) is 0 Å². The van der Waals surface area contributed by atoms with E-state index in [9.17, 15) is 0 Å². The summed E-state index contributed by atoms with van der Waals surface area (Å²) >= 11 is 1.68. The van der Waals surface area contributed by atoms with Crippen LogP contribution in [0.1, 0.15) is 5.56 Å². The van der Waals surface area contributed by atoms with Gasteiger partial charge in [-0.3, -0.25) is 0 Å². The summed E-state index contributed by atoms with van der Waals surface area (Å²) in [7, 11) is 0. The molecule has 2 aromatic heterocycles. The number of hydrogen-bond donors (Lipinski definition) is 2. The predicted octanol–water partition coefficient (Wildman–Crippen LogP) is 6.37. The fraction of sp³-hybridized carbons (Fsp3) is 0.0385. The van der Waals surface area contributed by atoms with E-state index in [1.165, 1.54) is 0 Å². The van der Waals surface area contributed by atoms with E-state index in [0.29, 0.717) is 12.4 Å². The Bertz CT molecular complexity index is 1330. The quantitative estimate of drug-likeness (QED) is 0.322. The van der Waals surface area contributed by atoms with Crippen LogP contribution >= 0.6 is 11.3 Å². The summed E-state index contributed by atoms with van der Waals surface area (Å²) in [6.45, 7) is 0.545. The molecule has 3 aromatic carbocycles. The Balaban J connectivity index is 1.46. The Morgan fingerprint density at radius 1 is 0.774 bits per heavy atom. The second kappa shape index (κ2) is 8.13. The summed E-state index contributed by atoms with van der Waals surface area (Å²) in [6.07, 6.45) is 1.85. The highest BCUT2D eigenvalue weighted by molar-refractivity contribution is 7.18. The van der Waals surface area contributed by atoms with E-state index in [1.54, 1.807) is 11.3 Å². The molecule has 0 saturated heterocycles. The third-order valence-electron chi connectivity index (χ3n) is 5.26. The van der Waals surface area contributed by atoms with Crippen LogP contribution in [0.3, 0.4) is 0 Å². The van der Waals surface area contributed by atoms with Crippen molar-refractivity contribution in [3.8, 4) is 28.0 Å². The molecule has 0 spiro atoms. The molecule has 0 fully saturated rings. The fourth-order valence-electron chi connectivity index (χ4n) is 3.62. The van der Waals surface area contributed by atoms with Gasteiger partial charge < -0.3 is 16.2 Å². The van der Waals surface area contributed by atoms with Crippen LogP contribution in [-0.4, -0.2) is 4.98 Å². The van der Waals surface area contributed by atoms with Crippen LogP contribution in [0.4, 0.5) is 11.5 Å². The van der Waals surface area contributed by atoms with E-state index in [4.69, 9.17) is 16.2 Å². The Morgan fingerprint density at radius 3 is 2.19 bits per heavy atom. The number of nitrogens with two attached hydrogens (primary N) is 2. The predicted molar refractivity (Wildman–Crippen MR) is 130 cm³/mol. The van der Waals surface area contributed by atoms with Gasteiger partial charge in [-0.1, -0.05) is 54.6 Å². The van der Waals surface area contributed by atoms with E-state index < -0.39 is 0 Å². The number of nitrogen functional groups attached to an aromatic ring is 2. The van der Waals surface area contributed by atoms with E-state index in [0.717, 1.165) is 49.3 Å². The largest absolute Gasteiger partial charge is 0.489 e. The average Bonchev–Trinajstić information content (AvgIpc) is 3.26. The molecule has 0 aliphatic rings. The van der Waals surface area contributed by atoms with Crippen molar-refractivity contribution >= 4 is 32.9 Å². The molecule has 5 rings (SSSR count). The van der Waals surface area contributed by atoms with Gasteiger partial charge in [-0.25, -0.2) is 4.98 Å². The van der Waals surface area contributed by atoms with Gasteiger partial charge in [-0.05, 0) is 46.3 Å². The van der Waals surface area contributed by atoms with Crippen LogP contribution < -0.4 is 16.2 Å². The van der Waals surface area contributed by atoms with Crippen molar-refractivity contribution in [1.82, 2.24) is 4.98 Å². The molecule has 31 heavy (non-hydrogen) atoms. The molecule has 152 valence electrons. The van der Waals surface area contributed by atoms with Gasteiger partial charge in [0, 0.05) is 33.1 Å². The number of anilines is 2. The van der Waals surface area contributed by atoms with Gasteiger partial charge in [0.1, 0.15) is 18.2 Å². The fourth-order valence-corrected chi connectivity index (χ4v) is 4.74. The van der Waals surface area contributed by atoms with Crippen LogP contribution in [0.5, 0.6) is 5.75 Å². The molecule has 0 aliphatic carbocycles. The van der Waals surface area contributed by atoms with Crippen molar-refractivity contribution in [2.75, 3.05) is 11.5 Å². The highest BCUT2D eigenvalue weighted by Crippen LogP contribution is 2.42. The minimum absolute atomic E-state index is 0.537. The monoisotopic (exact) mass is 423 g/mol. The van der Waals surface area contributed by atoms with Gasteiger partial charge in [0.2, 0.25) is 0 Å². The molecule has 0 radical (unpaired) electrons. The number of hydrogen-bond acceptors (Lipinski definition) is 5. The Labute approximate surface area is 184 Å². The summed E-state index contributed by atoms with van der Waals surface area (Å²) in [5, 5.41) is 3.12. The lowest BCUT2D eigenvalue weighted by molar-refractivity contribution is 0.306. The second-order valence-electron chi connectivity index (χ2n) is 7.33. The molecule has 0 unspecified atom stereocenters. The minimum Gasteiger partial charge on any atom is -0.489 e. The molecular formula is C26H21N3OS. The number of fused-ring (bicyclic) bond motifs is 1. The first-order valence-corrected chi connectivity index (χ1v) is 10.9. The smallest absolute Gasteiger partial charge is 0.132 e. The van der Waals surface area contributed by atoms with E-state index in [2.05, 4.69) is 34.6 Å². The van der Waals surface area contributed by atoms with Crippen LogP contribution in [0.15, 0.2) is 90.4 Å². The van der Waals surface area contributed by atoms with Gasteiger partial charge in [-0.15, -0.1) is 11.3 Å². The van der Waals surface area contributed by atoms with Crippen LogP contribution in [0, 0.1) is 0 Å². The van der Waals surface area contributed by atoms with Gasteiger partial charge in [0.05, 0.1) is 0 Å². The average molecular weight is 424 g/mol. The number of rotatable bonds is 5. The van der Waals surface area contributed by atoms with Gasteiger partial charge >= 0.3 is 0 Å². The van der Waals surface area contributed by atoms with Gasteiger partial charge in [-0.2, -0.15) is 0 Å². The lowest BCUT2D eigenvalue weighted by Crippen LogP contribution is -1.95. The van der Waals surface area contributed by atoms with E-state index >= 15 is 0 Å². The second-order valence-corrected chi connectivity index (χ2v) is 8.21. The topological polar surface area (TPSA) is 74.2 Å². The summed E-state index contributed by atoms with van der Waals surface area (Å²) < 4.78 is 7.04. The standard InChI is InChI=1S/C26H21N3OS/c27-20-10-6-19(7-11-20)23-16-31-25-22(14-29-26(28)24(23)25)18-8-12-21(13-9-18)30-15-17-4-2-1-3-5-17/h1-14,16H,15,27H2,(H2,28,29). The Kier molecular flexibility index (Phi) is 5.02. The zero-order chi connectivity index (χ0) is 21.2. The maximum absolute atomic E-state index is 6.29. The molecular weight excluding hydrogens is 402 g/mol. The highest BCUT2D eigenvalue weighted by atomic mass is 32.1. The molecule has 4 nitrogen and oxygen atoms in total. The third-order valence-corrected chi connectivity index (χ3v) is 6.27. The molecule has 0 aliphatic heterocycles. The number of pyridine rings is 1. The third kappa shape index (κ3) is 3.83. The molecule has 5 heteroatoms. The molecule has 0 amide bonds. The van der Waals surface area contributed by atoms with Crippen molar-refractivity contribution in [1.29, 1.82) is 0 Å². The molecule has 0 bridgehead atoms. The summed E-state index contributed by atoms with van der Waals surface area (Å²) in [5.74, 6) is 1.37. The summed E-state index contributed by atoms with van der Waals surface area (Å²) in [5.41, 5.74) is 18.3. The molecule has 5 aromatic rings. The van der Waals surface area contributed by atoms with Crippen LogP contribution in [-0.2, 0) is 6.61 Å². The van der Waals surface area contributed by atoms with Crippen molar-refractivity contribution < 1.29 is 4.74 Å². The summed E-state index contributed by atoms with van der Waals surface area (Å²) in [6, 6.07) is 26.1. The number of benzene rings is 3. The van der Waals surface area contributed by atoms with Crippen LogP contribution in [0.25, 0.3) is 32.3 Å². The van der Waals surface area contributed by atoms with E-state index in [1.807, 2.05) is 60.8 Å². The first kappa shape index (κ1) is 19.2. The highest BCUT2D eigenvalue weighted by Gasteiger charge is 2.15. The molecule has 0 atom stereocenters. The zero-order valence-electron chi connectivity index (χ0n) is 16.8. The van der Waals surface area contributed by atoms with Gasteiger partial charge in [0.25, 0.3) is 0 Å². The van der Waals surface area contributed by atoms with Crippen molar-refractivity contribution in [3.63, 3.8) is 0 Å². The molecule has 0 saturated carbocycles. The normalized spacial score (nSPS) is 11.0. The minimum atomic E-state index is 0.537. The lowest BCUT2D eigenvalue weighted by Gasteiger charge is -2.09.